The fourth-order valence-corrected chi connectivity index (χ4v) is 0. The molecule has 0 saturated heterocycles. The molecule has 0 amide bonds. The van der Waals surface area contributed by atoms with Crippen LogP contribution < -0.4 is 0 Å². The zero-order chi connectivity index (χ0) is 4.00. The number of rotatable bonds is 0. The molecule has 0 atom stereocenters. The monoisotopic (exact) mass is 56.0 g/mol. The normalized spacial score (nSPS) is 1.50. The minimum absolute atomic E-state index is 3.00. The Balaban J connectivity index is 0. The summed E-state index contributed by atoms with van der Waals surface area (Å²) >= 11 is 0. The van der Waals surface area contributed by atoms with Gasteiger partial charge in [0.1, 0.15) is 0 Å². The van der Waals surface area contributed by atoms with E-state index in [4.69, 9.17) is 4.65 Å². The number of hydrogen-bond acceptors (Lipinski definition) is 0. The van der Waals surface area contributed by atoms with Crippen molar-refractivity contribution in [2.45, 2.75) is 0 Å². The molecule has 0 bridgehead atoms. The molecule has 0 saturated carbocycles. The SMILES string of the molecule is C=C.[C-]#[O+]. The summed E-state index contributed by atoms with van der Waals surface area (Å²) in [5.41, 5.74) is 0. The van der Waals surface area contributed by atoms with Crippen LogP contribution in [0.25, 0.3) is 0 Å². The van der Waals surface area contributed by atoms with Crippen molar-refractivity contribution < 1.29 is 4.65 Å². The van der Waals surface area contributed by atoms with Crippen LogP contribution in [0.3, 0.4) is 0 Å². The average Bonchev–Trinajstić information content (AvgIpc) is 1.50. The van der Waals surface area contributed by atoms with Gasteiger partial charge >= 0.3 is 11.3 Å². The fourth-order valence-electron chi connectivity index (χ4n) is 0. The van der Waals surface area contributed by atoms with E-state index in [1.54, 1.807) is 0 Å². The molecule has 0 radical (unpaired) electrons. The molecule has 0 aromatic carbocycles. The van der Waals surface area contributed by atoms with Gasteiger partial charge in [0, 0.05) is 0 Å². The zero-order valence-corrected chi connectivity index (χ0v) is 2.32. The van der Waals surface area contributed by atoms with Crippen LogP contribution in [0.4, 0.5) is 0 Å². The Kier molecular flexibility index (Phi) is 49.1. The molecule has 0 aliphatic rings. The quantitative estimate of drug-likeness (QED) is 0.222. The third-order valence-corrected chi connectivity index (χ3v) is 0. The molecule has 0 aromatic heterocycles. The third kappa shape index (κ3) is 1.26. The molecule has 22 valence electrons. The van der Waals surface area contributed by atoms with Crippen molar-refractivity contribution in [3.05, 3.63) is 19.8 Å². The predicted octanol–water partition coefficient (Wildman–Crippen LogP) is 0.765. The Bertz CT molecular complexity index is 14.5. The molecule has 0 spiro atoms. The van der Waals surface area contributed by atoms with Gasteiger partial charge < -0.3 is 0 Å². The second-order valence-electron chi connectivity index (χ2n) is 0. The summed E-state index contributed by atoms with van der Waals surface area (Å²) in [5.74, 6) is 0. The molecule has 0 aliphatic carbocycles. The van der Waals surface area contributed by atoms with Crippen LogP contribution in [0.2, 0.25) is 0 Å². The van der Waals surface area contributed by atoms with Crippen molar-refractivity contribution in [1.82, 2.24) is 0 Å². The molecular weight excluding hydrogens is 52.0 g/mol. The molecule has 0 aliphatic heterocycles. The van der Waals surface area contributed by atoms with E-state index in [9.17, 15) is 0 Å². The first kappa shape index (κ1) is 9.77. The van der Waals surface area contributed by atoms with E-state index in [0.29, 0.717) is 0 Å². The predicted molar refractivity (Wildman–Crippen MR) is 15.2 cm³/mol. The summed E-state index contributed by atoms with van der Waals surface area (Å²) in [6, 6.07) is 0. The van der Waals surface area contributed by atoms with Gasteiger partial charge in [-0.3, -0.25) is 0 Å². The fraction of sp³-hybridized carbons (Fsp3) is 0. The molecule has 0 aromatic rings. The van der Waals surface area contributed by atoms with Crippen molar-refractivity contribution in [1.29, 1.82) is 0 Å². The summed E-state index contributed by atoms with van der Waals surface area (Å²) in [7, 11) is 0. The zero-order valence-electron chi connectivity index (χ0n) is 2.32. The molecule has 0 rings (SSSR count). The van der Waals surface area contributed by atoms with Gasteiger partial charge in [0.25, 0.3) is 0 Å². The van der Waals surface area contributed by atoms with Crippen molar-refractivity contribution >= 4 is 0 Å². The van der Waals surface area contributed by atoms with Crippen LogP contribution >= 0.6 is 0 Å². The van der Waals surface area contributed by atoms with E-state index in [2.05, 4.69) is 19.8 Å². The van der Waals surface area contributed by atoms with Gasteiger partial charge in [0.05, 0.1) is 0 Å². The maximum atomic E-state index is 7.50. The molecule has 0 heterocycles. The molecular formula is C3H4O. The van der Waals surface area contributed by atoms with E-state index in [0.717, 1.165) is 0 Å². The molecule has 4 heavy (non-hydrogen) atoms. The van der Waals surface area contributed by atoms with E-state index in [1.165, 1.54) is 0 Å². The minimum atomic E-state index is 3.00. The first-order chi connectivity index (χ1) is 2.00. The van der Waals surface area contributed by atoms with Crippen molar-refractivity contribution in [3.63, 3.8) is 0 Å². The van der Waals surface area contributed by atoms with Gasteiger partial charge in [-0.15, -0.1) is 13.2 Å². The van der Waals surface area contributed by atoms with Crippen LogP contribution in [0, 0.1) is 6.65 Å². The molecule has 0 fully saturated rings. The summed E-state index contributed by atoms with van der Waals surface area (Å²) in [4.78, 5) is 0. The first-order valence-electron chi connectivity index (χ1n) is 0.704. The molecule has 0 unspecified atom stereocenters. The van der Waals surface area contributed by atoms with Crippen molar-refractivity contribution in [2.24, 2.45) is 0 Å². The van der Waals surface area contributed by atoms with Gasteiger partial charge in [0.2, 0.25) is 0 Å². The topological polar surface area (TPSA) is 19.9 Å². The van der Waals surface area contributed by atoms with Gasteiger partial charge in [-0.25, -0.2) is 0 Å². The Morgan fingerprint density at radius 2 is 1.25 bits per heavy atom. The standard InChI is InChI=1S/C2H4.CO/c2*1-2/h1-2H2;. The summed E-state index contributed by atoms with van der Waals surface area (Å²) in [6.07, 6.45) is 0. The van der Waals surface area contributed by atoms with Gasteiger partial charge in [-0.1, -0.05) is 0 Å². The van der Waals surface area contributed by atoms with Crippen LogP contribution in [0.15, 0.2) is 13.2 Å². The molecule has 1 nitrogen and oxygen atoms in total. The van der Waals surface area contributed by atoms with E-state index >= 15 is 0 Å². The van der Waals surface area contributed by atoms with Crippen LogP contribution in [-0.4, -0.2) is 0 Å². The Labute approximate surface area is 25.7 Å². The second-order valence-corrected chi connectivity index (χ2v) is 0. The van der Waals surface area contributed by atoms with Crippen molar-refractivity contribution in [2.75, 3.05) is 0 Å². The first-order valence-corrected chi connectivity index (χ1v) is 0.704. The van der Waals surface area contributed by atoms with Crippen molar-refractivity contribution in [3.8, 4) is 0 Å². The van der Waals surface area contributed by atoms with E-state index in [-0.39, 0.29) is 0 Å². The van der Waals surface area contributed by atoms with Crippen LogP contribution in [-0.2, 0) is 4.65 Å². The van der Waals surface area contributed by atoms with Crippen LogP contribution in [0.5, 0.6) is 0 Å². The van der Waals surface area contributed by atoms with Gasteiger partial charge in [-0.2, -0.15) is 0 Å². The molecule has 0 N–H and O–H groups in total. The Morgan fingerprint density at radius 3 is 1.25 bits per heavy atom. The average molecular weight is 56.1 g/mol. The third-order valence-electron chi connectivity index (χ3n) is 0. The van der Waals surface area contributed by atoms with Crippen LogP contribution in [0.1, 0.15) is 0 Å². The maximum absolute atomic E-state index is 7.50. The summed E-state index contributed by atoms with van der Waals surface area (Å²) in [6.45, 7) is 10.5. The molecule has 1 heteroatoms. The van der Waals surface area contributed by atoms with Gasteiger partial charge in [-0.05, 0) is 0 Å². The summed E-state index contributed by atoms with van der Waals surface area (Å²) < 4.78 is 7.50. The summed E-state index contributed by atoms with van der Waals surface area (Å²) in [5, 5.41) is 0. The Morgan fingerprint density at radius 1 is 1.25 bits per heavy atom. The van der Waals surface area contributed by atoms with E-state index in [1.807, 2.05) is 0 Å². The number of hydrogen-bond donors (Lipinski definition) is 0. The Hall–Kier alpha value is -0.520. The van der Waals surface area contributed by atoms with E-state index < -0.39 is 0 Å². The van der Waals surface area contributed by atoms with Gasteiger partial charge in [0.15, 0.2) is 0 Å². The second kappa shape index (κ2) is 20.1.